The summed E-state index contributed by atoms with van der Waals surface area (Å²) in [6, 6.07) is 6.39. The summed E-state index contributed by atoms with van der Waals surface area (Å²) in [5.41, 5.74) is 1.24. The number of rotatable bonds is 4. The van der Waals surface area contributed by atoms with Crippen molar-refractivity contribution in [2.24, 2.45) is 5.92 Å². The predicted octanol–water partition coefficient (Wildman–Crippen LogP) is 3.62. The zero-order valence-electron chi connectivity index (χ0n) is 9.88. The van der Waals surface area contributed by atoms with Gasteiger partial charge in [0.15, 0.2) is 0 Å². The number of benzene rings is 1. The van der Waals surface area contributed by atoms with Crippen LogP contribution in [0.25, 0.3) is 0 Å². The molecule has 1 saturated heterocycles. The van der Waals surface area contributed by atoms with Crippen molar-refractivity contribution in [2.45, 2.75) is 25.9 Å². The Labute approximate surface area is 116 Å². The average molecular weight is 319 g/mol. The lowest BCUT2D eigenvalue weighted by molar-refractivity contribution is 0.178. The molecule has 0 radical (unpaired) electrons. The van der Waals surface area contributed by atoms with Crippen molar-refractivity contribution in [2.75, 3.05) is 13.2 Å². The molecule has 0 bridgehead atoms. The Bertz CT molecular complexity index is 380. The third-order valence-electron chi connectivity index (χ3n) is 3.30. The van der Waals surface area contributed by atoms with E-state index < -0.39 is 0 Å². The molecule has 0 spiro atoms. The van der Waals surface area contributed by atoms with Crippen molar-refractivity contribution in [1.29, 1.82) is 0 Å². The Morgan fingerprint density at radius 1 is 1.59 bits per heavy atom. The van der Waals surface area contributed by atoms with E-state index in [4.69, 9.17) is 16.3 Å². The Balaban J connectivity index is 1.88. The smallest absolute Gasteiger partial charge is 0.0509 e. The van der Waals surface area contributed by atoms with Crippen molar-refractivity contribution in [3.05, 3.63) is 33.3 Å². The molecule has 1 N–H and O–H groups in total. The molecule has 0 aliphatic carbocycles. The van der Waals surface area contributed by atoms with E-state index >= 15 is 0 Å². The lowest BCUT2D eigenvalue weighted by Crippen LogP contribution is -2.33. The van der Waals surface area contributed by atoms with Crippen molar-refractivity contribution in [3.63, 3.8) is 0 Å². The molecule has 2 nitrogen and oxygen atoms in total. The van der Waals surface area contributed by atoms with Gasteiger partial charge in [-0.15, -0.1) is 0 Å². The van der Waals surface area contributed by atoms with Gasteiger partial charge in [0, 0.05) is 28.7 Å². The highest BCUT2D eigenvalue weighted by atomic mass is 79.9. The molecule has 0 amide bonds. The third-order valence-corrected chi connectivity index (χ3v) is 4.27. The Morgan fingerprint density at radius 3 is 3.06 bits per heavy atom. The molecule has 2 rings (SSSR count). The van der Waals surface area contributed by atoms with E-state index in [1.54, 1.807) is 0 Å². The molecule has 2 atom stereocenters. The minimum Gasteiger partial charge on any atom is -0.381 e. The molecule has 1 fully saturated rings. The van der Waals surface area contributed by atoms with Gasteiger partial charge in [-0.3, -0.25) is 0 Å². The highest BCUT2D eigenvalue weighted by Gasteiger charge is 2.21. The summed E-state index contributed by atoms with van der Waals surface area (Å²) in [5.74, 6) is 0.640. The molecule has 0 aromatic heterocycles. The van der Waals surface area contributed by atoms with E-state index in [2.05, 4.69) is 34.2 Å². The summed E-state index contributed by atoms with van der Waals surface area (Å²) in [5, 5.41) is 4.31. The number of hydrogen-bond acceptors (Lipinski definition) is 2. The molecular weight excluding hydrogens is 302 g/mol. The SMILES string of the molecule is CC(NCc1ccc(Cl)cc1Br)C1CCOC1. The van der Waals surface area contributed by atoms with Gasteiger partial charge in [0.2, 0.25) is 0 Å². The summed E-state index contributed by atoms with van der Waals surface area (Å²) in [4.78, 5) is 0. The zero-order valence-corrected chi connectivity index (χ0v) is 12.2. The van der Waals surface area contributed by atoms with Crippen LogP contribution >= 0.6 is 27.5 Å². The van der Waals surface area contributed by atoms with Crippen molar-refractivity contribution in [3.8, 4) is 0 Å². The van der Waals surface area contributed by atoms with Crippen molar-refractivity contribution in [1.82, 2.24) is 5.32 Å². The van der Waals surface area contributed by atoms with Gasteiger partial charge in [-0.25, -0.2) is 0 Å². The number of nitrogens with one attached hydrogen (secondary N) is 1. The van der Waals surface area contributed by atoms with Crippen LogP contribution in [0.15, 0.2) is 22.7 Å². The van der Waals surface area contributed by atoms with Crippen LogP contribution in [-0.4, -0.2) is 19.3 Å². The zero-order chi connectivity index (χ0) is 12.3. The average Bonchev–Trinajstić information content (AvgIpc) is 2.81. The van der Waals surface area contributed by atoms with Gasteiger partial charge in [-0.05, 0) is 37.0 Å². The number of halogens is 2. The van der Waals surface area contributed by atoms with Gasteiger partial charge in [-0.1, -0.05) is 33.6 Å². The summed E-state index contributed by atoms with van der Waals surface area (Å²) in [7, 11) is 0. The Morgan fingerprint density at radius 2 is 2.41 bits per heavy atom. The minimum atomic E-state index is 0.486. The second-order valence-corrected chi connectivity index (χ2v) is 5.82. The maximum absolute atomic E-state index is 5.92. The molecule has 94 valence electrons. The first kappa shape index (κ1) is 13.3. The largest absolute Gasteiger partial charge is 0.381 e. The van der Waals surface area contributed by atoms with Gasteiger partial charge < -0.3 is 10.1 Å². The molecular formula is C13H17BrClNO. The predicted molar refractivity (Wildman–Crippen MR) is 74.4 cm³/mol. The molecule has 4 heteroatoms. The van der Waals surface area contributed by atoms with Crippen LogP contribution in [0.5, 0.6) is 0 Å². The lowest BCUT2D eigenvalue weighted by atomic mass is 10.0. The molecule has 1 aromatic rings. The van der Waals surface area contributed by atoms with E-state index in [9.17, 15) is 0 Å². The van der Waals surface area contributed by atoms with E-state index in [1.807, 2.05) is 12.1 Å². The van der Waals surface area contributed by atoms with E-state index in [0.29, 0.717) is 12.0 Å². The second-order valence-electron chi connectivity index (χ2n) is 4.53. The first-order chi connectivity index (χ1) is 8.16. The molecule has 2 unspecified atom stereocenters. The van der Waals surface area contributed by atoms with Crippen LogP contribution in [-0.2, 0) is 11.3 Å². The molecule has 17 heavy (non-hydrogen) atoms. The van der Waals surface area contributed by atoms with E-state index in [1.165, 1.54) is 5.56 Å². The quantitative estimate of drug-likeness (QED) is 0.915. The Hall–Kier alpha value is -0.0900. The fraction of sp³-hybridized carbons (Fsp3) is 0.538. The van der Waals surface area contributed by atoms with Gasteiger partial charge in [0.05, 0.1) is 6.61 Å². The van der Waals surface area contributed by atoms with Crippen LogP contribution in [0.1, 0.15) is 18.9 Å². The van der Waals surface area contributed by atoms with Crippen LogP contribution in [0, 0.1) is 5.92 Å². The second kappa shape index (κ2) is 6.19. The summed E-state index contributed by atoms with van der Waals surface area (Å²) in [6.45, 7) is 4.87. The van der Waals surface area contributed by atoms with Crippen LogP contribution in [0.3, 0.4) is 0 Å². The summed E-state index contributed by atoms with van der Waals surface area (Å²) < 4.78 is 6.47. The number of ether oxygens (including phenoxy) is 1. The highest BCUT2D eigenvalue weighted by molar-refractivity contribution is 9.10. The van der Waals surface area contributed by atoms with Gasteiger partial charge in [0.25, 0.3) is 0 Å². The fourth-order valence-corrected chi connectivity index (χ4v) is 2.87. The normalized spacial score (nSPS) is 21.7. The lowest BCUT2D eigenvalue weighted by Gasteiger charge is -2.19. The molecule has 1 aliphatic heterocycles. The molecule has 1 aliphatic rings. The van der Waals surface area contributed by atoms with Crippen LogP contribution < -0.4 is 5.32 Å². The van der Waals surface area contributed by atoms with Gasteiger partial charge >= 0.3 is 0 Å². The first-order valence-electron chi connectivity index (χ1n) is 5.92. The van der Waals surface area contributed by atoms with Crippen molar-refractivity contribution >= 4 is 27.5 Å². The minimum absolute atomic E-state index is 0.486. The van der Waals surface area contributed by atoms with Gasteiger partial charge in [-0.2, -0.15) is 0 Å². The van der Waals surface area contributed by atoms with Crippen LogP contribution in [0.4, 0.5) is 0 Å². The summed E-state index contributed by atoms with van der Waals surface area (Å²) in [6.07, 6.45) is 1.16. The monoisotopic (exact) mass is 317 g/mol. The topological polar surface area (TPSA) is 21.3 Å². The fourth-order valence-electron chi connectivity index (χ4n) is 2.05. The van der Waals surface area contributed by atoms with Crippen molar-refractivity contribution < 1.29 is 4.74 Å². The van der Waals surface area contributed by atoms with E-state index in [0.717, 1.165) is 35.7 Å². The molecule has 0 saturated carbocycles. The first-order valence-corrected chi connectivity index (χ1v) is 7.09. The van der Waals surface area contributed by atoms with E-state index in [-0.39, 0.29) is 0 Å². The maximum Gasteiger partial charge on any atom is 0.0509 e. The summed E-state index contributed by atoms with van der Waals surface area (Å²) >= 11 is 9.45. The maximum atomic E-state index is 5.92. The van der Waals surface area contributed by atoms with Gasteiger partial charge in [0.1, 0.15) is 0 Å². The standard InChI is InChI=1S/C13H17BrClNO/c1-9(11-4-5-17-8-11)16-7-10-2-3-12(15)6-13(10)14/h2-3,6,9,11,16H,4-5,7-8H2,1H3. The Kier molecular flexibility index (Phi) is 4.86. The third kappa shape index (κ3) is 3.68. The molecule has 1 aromatic carbocycles. The molecule has 1 heterocycles. The highest BCUT2D eigenvalue weighted by Crippen LogP contribution is 2.22. The number of hydrogen-bond donors (Lipinski definition) is 1. The van der Waals surface area contributed by atoms with Crippen LogP contribution in [0.2, 0.25) is 5.02 Å².